The molecule has 5 nitrogen and oxygen atoms in total. The third-order valence-electron chi connectivity index (χ3n) is 4.03. The molecule has 3 heterocycles. The van der Waals surface area contributed by atoms with Crippen molar-refractivity contribution in [2.45, 2.75) is 31.6 Å². The van der Waals surface area contributed by atoms with Gasteiger partial charge in [-0.2, -0.15) is 0 Å². The van der Waals surface area contributed by atoms with Crippen LogP contribution in [0.3, 0.4) is 0 Å². The van der Waals surface area contributed by atoms with Crippen LogP contribution in [0, 0.1) is 11.8 Å². The summed E-state index contributed by atoms with van der Waals surface area (Å²) < 4.78 is 5.71. The first-order valence-electron chi connectivity index (χ1n) is 5.85. The van der Waals surface area contributed by atoms with Crippen LogP contribution in [0.5, 0.6) is 0 Å². The third kappa shape index (κ3) is 1.17. The first-order valence-corrected chi connectivity index (χ1v) is 5.85. The summed E-state index contributed by atoms with van der Waals surface area (Å²) in [6, 6.07) is 0.0564. The second-order valence-electron chi connectivity index (χ2n) is 5.28. The van der Waals surface area contributed by atoms with E-state index in [1.54, 1.807) is 11.0 Å². The van der Waals surface area contributed by atoms with Gasteiger partial charge in [-0.25, -0.2) is 0 Å². The first kappa shape index (κ1) is 10.8. The molecule has 17 heavy (non-hydrogen) atoms. The molecule has 5 heteroatoms. The number of carbonyl (C=O) groups is 2. The van der Waals surface area contributed by atoms with Crippen molar-refractivity contribution >= 4 is 11.9 Å². The highest BCUT2D eigenvalue weighted by Gasteiger charge is 2.65. The van der Waals surface area contributed by atoms with Crippen LogP contribution in [0.2, 0.25) is 0 Å². The summed E-state index contributed by atoms with van der Waals surface area (Å²) in [6.45, 7) is 4.28. The quantitative estimate of drug-likeness (QED) is 0.572. The minimum absolute atomic E-state index is 0.0564. The number of ether oxygens (including phenoxy) is 1. The van der Waals surface area contributed by atoms with Crippen molar-refractivity contribution < 1.29 is 19.4 Å². The van der Waals surface area contributed by atoms with Crippen molar-refractivity contribution in [1.82, 2.24) is 4.90 Å². The Morgan fingerprint density at radius 2 is 2.35 bits per heavy atom. The second-order valence-corrected chi connectivity index (χ2v) is 5.28. The van der Waals surface area contributed by atoms with Gasteiger partial charge in [0.2, 0.25) is 5.91 Å². The van der Waals surface area contributed by atoms with E-state index in [0.29, 0.717) is 6.54 Å². The average Bonchev–Trinajstić information content (AvgIpc) is 2.86. The number of nitrogens with zero attached hydrogens (tertiary/aromatic N) is 1. The van der Waals surface area contributed by atoms with E-state index in [9.17, 15) is 14.7 Å². The van der Waals surface area contributed by atoms with Crippen LogP contribution in [-0.4, -0.2) is 41.1 Å². The molecule has 0 saturated carbocycles. The van der Waals surface area contributed by atoms with Gasteiger partial charge in [0, 0.05) is 17.9 Å². The monoisotopic (exact) mass is 236 g/mol. The first-order chi connectivity index (χ1) is 7.96. The lowest BCUT2D eigenvalue weighted by molar-refractivity contribution is -0.313. The molecule has 0 radical (unpaired) electrons. The standard InChI is InChI=1S/C12H15NO4/c1-6(2)13-5-12-4-3-7(17-12)8(11(15)16)9(12)10(13)14/h3-4,6-9H,5H2,1-2H3,(H,15,16)/p-1/t7-,8+,9+,12-/m0/s1. The predicted molar refractivity (Wildman–Crippen MR) is 55.6 cm³/mol. The molecule has 0 aromatic heterocycles. The smallest absolute Gasteiger partial charge is 0.230 e. The predicted octanol–water partition coefficient (Wildman–Crippen LogP) is -1.07. The Labute approximate surface area is 99.0 Å². The molecule has 0 aromatic rings. The van der Waals surface area contributed by atoms with E-state index < -0.39 is 29.5 Å². The number of hydrogen-bond acceptors (Lipinski definition) is 4. The Hall–Kier alpha value is -1.36. The van der Waals surface area contributed by atoms with Crippen LogP contribution in [0.25, 0.3) is 0 Å². The van der Waals surface area contributed by atoms with Crippen LogP contribution < -0.4 is 5.11 Å². The molecular weight excluding hydrogens is 222 g/mol. The van der Waals surface area contributed by atoms with Crippen molar-refractivity contribution in [2.75, 3.05) is 6.54 Å². The molecule has 1 amide bonds. The van der Waals surface area contributed by atoms with Gasteiger partial charge in [0.25, 0.3) is 0 Å². The molecule has 1 spiro atoms. The maximum absolute atomic E-state index is 12.2. The zero-order valence-corrected chi connectivity index (χ0v) is 9.75. The third-order valence-corrected chi connectivity index (χ3v) is 4.03. The summed E-state index contributed by atoms with van der Waals surface area (Å²) in [5.41, 5.74) is -0.725. The minimum atomic E-state index is -1.19. The highest BCUT2D eigenvalue weighted by atomic mass is 16.5. The van der Waals surface area contributed by atoms with Gasteiger partial charge in [0.15, 0.2) is 0 Å². The lowest BCUT2D eigenvalue weighted by atomic mass is 9.77. The van der Waals surface area contributed by atoms with Crippen molar-refractivity contribution in [3.05, 3.63) is 12.2 Å². The molecule has 0 aliphatic carbocycles. The molecule has 3 rings (SSSR count). The lowest BCUT2D eigenvalue weighted by Gasteiger charge is -2.25. The number of carboxylic acid groups (broad SMARTS) is 1. The largest absolute Gasteiger partial charge is 0.550 e. The maximum atomic E-state index is 12.2. The van der Waals surface area contributed by atoms with Crippen LogP contribution in [0.15, 0.2) is 12.2 Å². The van der Waals surface area contributed by atoms with Gasteiger partial charge in [-0.15, -0.1) is 0 Å². The van der Waals surface area contributed by atoms with E-state index >= 15 is 0 Å². The van der Waals surface area contributed by atoms with Gasteiger partial charge in [-0.3, -0.25) is 4.79 Å². The van der Waals surface area contributed by atoms with Gasteiger partial charge < -0.3 is 19.5 Å². The summed E-state index contributed by atoms with van der Waals surface area (Å²) in [6.07, 6.45) is 3.10. The van der Waals surface area contributed by atoms with Gasteiger partial charge in [0.1, 0.15) is 5.60 Å². The number of amides is 1. The lowest BCUT2D eigenvalue weighted by Crippen LogP contribution is -2.45. The van der Waals surface area contributed by atoms with Crippen LogP contribution >= 0.6 is 0 Å². The highest BCUT2D eigenvalue weighted by molar-refractivity contribution is 5.90. The summed E-state index contributed by atoms with van der Waals surface area (Å²) in [5, 5.41) is 11.2. The van der Waals surface area contributed by atoms with E-state index in [0.717, 1.165) is 0 Å². The van der Waals surface area contributed by atoms with Crippen molar-refractivity contribution in [2.24, 2.45) is 11.8 Å². The molecule has 3 aliphatic heterocycles. The Morgan fingerprint density at radius 3 is 2.94 bits per heavy atom. The van der Waals surface area contributed by atoms with E-state index in [1.807, 2.05) is 19.9 Å². The number of carboxylic acids is 1. The zero-order chi connectivity index (χ0) is 12.4. The molecule has 2 bridgehead atoms. The summed E-state index contributed by atoms with van der Waals surface area (Å²) in [5.74, 6) is -2.76. The number of fused-ring (bicyclic) bond motifs is 1. The van der Waals surface area contributed by atoms with Crippen molar-refractivity contribution in [3.63, 3.8) is 0 Å². The molecular formula is C12H14NO4-. The SMILES string of the molecule is CC(C)N1C[C@]23C=C[C@H](O2)[C@@H](C(=O)[O-])[C@@H]3C1=O. The molecule has 2 saturated heterocycles. The molecule has 0 aromatic carbocycles. The van der Waals surface area contributed by atoms with Crippen molar-refractivity contribution in [3.8, 4) is 0 Å². The number of likely N-dealkylation sites (tertiary alicyclic amines) is 1. The number of hydrogen-bond donors (Lipinski definition) is 0. The van der Waals surface area contributed by atoms with Crippen LogP contribution in [-0.2, 0) is 14.3 Å². The fourth-order valence-corrected chi connectivity index (χ4v) is 3.23. The van der Waals surface area contributed by atoms with Gasteiger partial charge in [0.05, 0.1) is 18.6 Å². The number of carbonyl (C=O) groups excluding carboxylic acids is 2. The number of rotatable bonds is 2. The van der Waals surface area contributed by atoms with Crippen molar-refractivity contribution in [1.29, 1.82) is 0 Å². The average molecular weight is 236 g/mol. The fraction of sp³-hybridized carbons (Fsp3) is 0.667. The molecule has 2 fully saturated rings. The number of aliphatic carboxylic acids is 1. The van der Waals surface area contributed by atoms with Gasteiger partial charge in [-0.05, 0) is 13.8 Å². The highest BCUT2D eigenvalue weighted by Crippen LogP contribution is 2.51. The Balaban J connectivity index is 2.01. The summed E-state index contributed by atoms with van der Waals surface area (Å²) in [7, 11) is 0. The molecule has 3 aliphatic rings. The summed E-state index contributed by atoms with van der Waals surface area (Å²) in [4.78, 5) is 25.1. The topological polar surface area (TPSA) is 69.7 Å². The Bertz CT molecular complexity index is 430. The second kappa shape index (κ2) is 3.10. The Morgan fingerprint density at radius 1 is 1.65 bits per heavy atom. The minimum Gasteiger partial charge on any atom is -0.550 e. The maximum Gasteiger partial charge on any atom is 0.230 e. The van der Waals surface area contributed by atoms with E-state index in [1.165, 1.54) is 0 Å². The van der Waals surface area contributed by atoms with Crippen LogP contribution in [0.1, 0.15) is 13.8 Å². The van der Waals surface area contributed by atoms with E-state index in [4.69, 9.17) is 4.74 Å². The normalized spacial score (nSPS) is 42.6. The van der Waals surface area contributed by atoms with Gasteiger partial charge in [-0.1, -0.05) is 12.2 Å². The fourth-order valence-electron chi connectivity index (χ4n) is 3.23. The molecule has 0 unspecified atom stereocenters. The molecule has 4 atom stereocenters. The van der Waals surface area contributed by atoms with Crippen LogP contribution in [0.4, 0.5) is 0 Å². The summed E-state index contributed by atoms with van der Waals surface area (Å²) >= 11 is 0. The molecule has 92 valence electrons. The molecule has 0 N–H and O–H groups in total. The Kier molecular flexibility index (Phi) is 1.96. The van der Waals surface area contributed by atoms with E-state index in [-0.39, 0.29) is 11.9 Å². The van der Waals surface area contributed by atoms with E-state index in [2.05, 4.69) is 0 Å². The zero-order valence-electron chi connectivity index (χ0n) is 9.75. The van der Waals surface area contributed by atoms with Gasteiger partial charge >= 0.3 is 0 Å².